The molecule has 0 aliphatic carbocycles. The largest absolute Gasteiger partial charge is 0.313 e. The minimum Gasteiger partial charge on any atom is -0.313 e. The molecule has 1 N–H and O–H groups in total. The van der Waals surface area contributed by atoms with E-state index in [1.54, 1.807) is 17.4 Å². The second-order valence-electron chi connectivity index (χ2n) is 3.66. The van der Waals surface area contributed by atoms with Crippen molar-refractivity contribution in [3.05, 3.63) is 50.4 Å². The van der Waals surface area contributed by atoms with Crippen LogP contribution in [0.15, 0.2) is 29.9 Å². The Kier molecular flexibility index (Phi) is 4.40. The number of hydrogen-bond acceptors (Lipinski definition) is 3. The van der Waals surface area contributed by atoms with E-state index < -0.39 is 0 Å². The summed E-state index contributed by atoms with van der Waals surface area (Å²) < 4.78 is 0. The molecule has 17 heavy (non-hydrogen) atoms. The molecule has 1 aromatic heterocycles. The Balaban J connectivity index is 2.26. The van der Waals surface area contributed by atoms with Gasteiger partial charge >= 0.3 is 0 Å². The summed E-state index contributed by atoms with van der Waals surface area (Å²) in [6.07, 6.45) is 2.74. The number of likely N-dealkylation sites (N-methyl/N-ethyl adjacent to an activating group) is 1. The Morgan fingerprint density at radius 3 is 2.88 bits per heavy atom. The van der Waals surface area contributed by atoms with Crippen LogP contribution in [-0.4, -0.2) is 12.0 Å². The van der Waals surface area contributed by atoms with Gasteiger partial charge in [0.2, 0.25) is 0 Å². The van der Waals surface area contributed by atoms with Gasteiger partial charge in [0.05, 0.1) is 15.6 Å². The van der Waals surface area contributed by atoms with Crippen molar-refractivity contribution in [3.8, 4) is 0 Å². The number of rotatable bonds is 4. The van der Waals surface area contributed by atoms with Crippen molar-refractivity contribution in [2.75, 3.05) is 7.05 Å². The maximum absolute atomic E-state index is 6.22. The second kappa shape index (κ2) is 5.83. The monoisotopic (exact) mass is 286 g/mol. The fourth-order valence-corrected chi connectivity index (χ4v) is 2.78. The van der Waals surface area contributed by atoms with Gasteiger partial charge in [-0.25, -0.2) is 0 Å². The number of hydrogen-bond donors (Lipinski definition) is 1. The van der Waals surface area contributed by atoms with E-state index in [1.807, 2.05) is 30.9 Å². The van der Waals surface area contributed by atoms with Gasteiger partial charge in [-0.1, -0.05) is 35.3 Å². The summed E-state index contributed by atoms with van der Waals surface area (Å²) in [6, 6.07) is 5.87. The maximum atomic E-state index is 6.22. The van der Waals surface area contributed by atoms with Gasteiger partial charge in [-0.2, -0.15) is 0 Å². The molecule has 5 heteroatoms. The first-order valence-electron chi connectivity index (χ1n) is 5.21. The van der Waals surface area contributed by atoms with E-state index in [-0.39, 0.29) is 6.04 Å². The Hall–Kier alpha value is -0.610. The molecule has 0 aliphatic rings. The quantitative estimate of drug-likeness (QED) is 0.921. The minimum absolute atomic E-state index is 0.154. The van der Waals surface area contributed by atoms with Crippen molar-refractivity contribution < 1.29 is 0 Å². The zero-order valence-corrected chi connectivity index (χ0v) is 11.6. The molecule has 1 unspecified atom stereocenters. The summed E-state index contributed by atoms with van der Waals surface area (Å²) >= 11 is 13.9. The van der Waals surface area contributed by atoms with Crippen LogP contribution in [0.3, 0.4) is 0 Å². The maximum Gasteiger partial charge on any atom is 0.0794 e. The lowest BCUT2D eigenvalue weighted by molar-refractivity contribution is 0.596. The first-order valence-corrected chi connectivity index (χ1v) is 6.84. The highest BCUT2D eigenvalue weighted by Crippen LogP contribution is 2.31. The molecule has 1 heterocycles. The number of halogens is 2. The molecule has 2 aromatic rings. The van der Waals surface area contributed by atoms with Crippen molar-refractivity contribution in [1.29, 1.82) is 0 Å². The zero-order chi connectivity index (χ0) is 12.3. The summed E-state index contributed by atoms with van der Waals surface area (Å²) in [5.74, 6) is 0. The zero-order valence-electron chi connectivity index (χ0n) is 9.28. The van der Waals surface area contributed by atoms with E-state index in [0.717, 1.165) is 12.0 Å². The van der Waals surface area contributed by atoms with Crippen LogP contribution >= 0.6 is 34.5 Å². The Labute approximate surface area is 115 Å². The molecular weight excluding hydrogens is 275 g/mol. The third-order valence-electron chi connectivity index (χ3n) is 2.59. The van der Waals surface area contributed by atoms with Gasteiger partial charge in [0, 0.05) is 23.5 Å². The second-order valence-corrected chi connectivity index (χ2v) is 5.41. The molecule has 1 atom stereocenters. The lowest BCUT2D eigenvalue weighted by Gasteiger charge is -2.17. The average molecular weight is 287 g/mol. The van der Waals surface area contributed by atoms with Crippen LogP contribution in [0.5, 0.6) is 0 Å². The minimum atomic E-state index is 0.154. The molecule has 0 saturated carbocycles. The van der Waals surface area contributed by atoms with E-state index >= 15 is 0 Å². The highest BCUT2D eigenvalue weighted by molar-refractivity contribution is 7.09. The molecule has 2 nitrogen and oxygen atoms in total. The lowest BCUT2D eigenvalue weighted by atomic mass is 10.0. The smallest absolute Gasteiger partial charge is 0.0794 e. The predicted octanol–water partition coefficient (Wildman–Crippen LogP) is 3.95. The molecule has 0 radical (unpaired) electrons. The Morgan fingerprint density at radius 2 is 2.24 bits per heavy atom. The van der Waals surface area contributed by atoms with E-state index in [4.69, 9.17) is 23.2 Å². The standard InChI is InChI=1S/C12H12Cl2N2S/c1-15-11(5-8-6-16-7-17-8)9-3-2-4-10(13)12(9)14/h2-4,6-7,11,15H,5H2,1H3. The first-order chi connectivity index (χ1) is 8.22. The van der Waals surface area contributed by atoms with E-state index in [0.29, 0.717) is 10.0 Å². The summed E-state index contributed by atoms with van der Waals surface area (Å²) in [4.78, 5) is 5.30. The molecule has 1 aromatic carbocycles. The number of benzene rings is 1. The van der Waals surface area contributed by atoms with Crippen molar-refractivity contribution in [2.24, 2.45) is 0 Å². The van der Waals surface area contributed by atoms with Gasteiger partial charge in [0.15, 0.2) is 0 Å². The number of thiazole rings is 1. The molecule has 0 bridgehead atoms. The molecule has 0 fully saturated rings. The summed E-state index contributed by atoms with van der Waals surface area (Å²) in [7, 11) is 1.92. The highest BCUT2D eigenvalue weighted by atomic mass is 35.5. The third kappa shape index (κ3) is 2.99. The highest BCUT2D eigenvalue weighted by Gasteiger charge is 2.15. The number of nitrogens with zero attached hydrogens (tertiary/aromatic N) is 1. The van der Waals surface area contributed by atoms with Crippen LogP contribution in [0.2, 0.25) is 10.0 Å². The summed E-state index contributed by atoms with van der Waals surface area (Å²) in [6.45, 7) is 0. The van der Waals surface area contributed by atoms with E-state index in [9.17, 15) is 0 Å². The molecule has 90 valence electrons. The van der Waals surface area contributed by atoms with Crippen molar-refractivity contribution >= 4 is 34.5 Å². The third-order valence-corrected chi connectivity index (χ3v) is 4.23. The van der Waals surface area contributed by atoms with E-state index in [2.05, 4.69) is 10.3 Å². The van der Waals surface area contributed by atoms with Gasteiger partial charge in [0.25, 0.3) is 0 Å². The average Bonchev–Trinajstić information content (AvgIpc) is 2.83. The summed E-state index contributed by atoms with van der Waals surface area (Å²) in [5, 5.41) is 4.48. The fraction of sp³-hybridized carbons (Fsp3) is 0.250. The predicted molar refractivity (Wildman–Crippen MR) is 74.1 cm³/mol. The van der Waals surface area contributed by atoms with Gasteiger partial charge < -0.3 is 5.32 Å². The fourth-order valence-electron chi connectivity index (χ4n) is 1.70. The van der Waals surface area contributed by atoms with Gasteiger partial charge in [-0.15, -0.1) is 11.3 Å². The SMILES string of the molecule is CNC(Cc1cncs1)c1cccc(Cl)c1Cl. The molecule has 0 saturated heterocycles. The number of nitrogens with one attached hydrogen (secondary N) is 1. The molecule has 2 rings (SSSR count). The molecule has 0 aliphatic heterocycles. The Morgan fingerprint density at radius 1 is 1.41 bits per heavy atom. The molecule has 0 spiro atoms. The van der Waals surface area contributed by atoms with Crippen LogP contribution in [0.1, 0.15) is 16.5 Å². The van der Waals surface area contributed by atoms with Crippen molar-refractivity contribution in [2.45, 2.75) is 12.5 Å². The summed E-state index contributed by atoms with van der Waals surface area (Å²) in [5.41, 5.74) is 2.86. The van der Waals surface area contributed by atoms with Crippen molar-refractivity contribution in [3.63, 3.8) is 0 Å². The van der Waals surface area contributed by atoms with Gasteiger partial charge in [-0.3, -0.25) is 4.98 Å². The van der Waals surface area contributed by atoms with Crippen LogP contribution in [0, 0.1) is 0 Å². The first kappa shape index (κ1) is 12.8. The molecular formula is C12H12Cl2N2S. The molecule has 0 amide bonds. The lowest BCUT2D eigenvalue weighted by Crippen LogP contribution is -2.18. The van der Waals surface area contributed by atoms with Crippen LogP contribution in [0.25, 0.3) is 0 Å². The van der Waals surface area contributed by atoms with Gasteiger partial charge in [-0.05, 0) is 18.7 Å². The van der Waals surface area contributed by atoms with Crippen LogP contribution in [0.4, 0.5) is 0 Å². The van der Waals surface area contributed by atoms with Gasteiger partial charge in [0.1, 0.15) is 0 Å². The Bertz CT molecular complexity index is 485. The van der Waals surface area contributed by atoms with Crippen LogP contribution < -0.4 is 5.32 Å². The number of aromatic nitrogens is 1. The van der Waals surface area contributed by atoms with Crippen LogP contribution in [-0.2, 0) is 6.42 Å². The van der Waals surface area contributed by atoms with Crippen molar-refractivity contribution in [1.82, 2.24) is 10.3 Å². The normalized spacial score (nSPS) is 12.6. The van der Waals surface area contributed by atoms with E-state index in [1.165, 1.54) is 4.88 Å². The topological polar surface area (TPSA) is 24.9 Å².